The van der Waals surface area contributed by atoms with E-state index >= 15 is 0 Å². The summed E-state index contributed by atoms with van der Waals surface area (Å²) in [6.07, 6.45) is 4.72. The largest absolute Gasteiger partial charge is 0.505 e. The van der Waals surface area contributed by atoms with Gasteiger partial charge in [0.2, 0.25) is 5.13 Å². The number of anilines is 1. The Morgan fingerprint density at radius 3 is 2.60 bits per heavy atom. The molecule has 1 fully saturated rings. The summed E-state index contributed by atoms with van der Waals surface area (Å²) < 4.78 is 27.6. The van der Waals surface area contributed by atoms with Gasteiger partial charge in [0, 0.05) is 11.9 Å². The van der Waals surface area contributed by atoms with Crippen molar-refractivity contribution in [1.82, 2.24) is 19.6 Å². The van der Waals surface area contributed by atoms with Crippen LogP contribution in [0, 0.1) is 12.7 Å². The maximum Gasteiger partial charge on any atom is 0.301 e. The molecule has 0 radical (unpaired) electrons. The zero-order valence-electron chi connectivity index (χ0n) is 26.7. The first-order chi connectivity index (χ1) is 23.3. The number of carbonyl (C=O) groups is 2. The number of Topliss-reactive ketones (excluding diaryl/α,β-unsaturated/α-hetero) is 1. The van der Waals surface area contributed by atoms with Crippen LogP contribution in [0.15, 0.2) is 76.8 Å². The standard InChI is InChI=1S/C35H34FN5O5S2/c1-4-6-9-18-46-25-16-13-23(19-26(25)45-5-2)30-28(31(42)29-21(3)37-27-10-7-8-17-40(27)29)32(43)33(44)41(30)34-38-39-35(48-34)47-20-22-11-14-24(36)15-12-22/h7-8,10-17,19,30,42H,4-6,9,18,20H2,1-3H3/b31-28+. The fraction of sp³-hybridized carbons (Fsp3) is 0.286. The Morgan fingerprint density at radius 1 is 1.02 bits per heavy atom. The van der Waals surface area contributed by atoms with Gasteiger partial charge in [0.25, 0.3) is 5.78 Å². The van der Waals surface area contributed by atoms with Gasteiger partial charge >= 0.3 is 5.91 Å². The number of aliphatic hydroxyl groups excluding tert-OH is 1. The highest BCUT2D eigenvalue weighted by Crippen LogP contribution is 2.46. The van der Waals surface area contributed by atoms with E-state index in [0.717, 1.165) is 36.2 Å². The van der Waals surface area contributed by atoms with Crippen LogP contribution in [0.4, 0.5) is 9.52 Å². The molecule has 13 heteroatoms. The minimum Gasteiger partial charge on any atom is -0.505 e. The van der Waals surface area contributed by atoms with Crippen molar-refractivity contribution in [2.24, 2.45) is 0 Å². The number of pyridine rings is 1. The molecule has 248 valence electrons. The SMILES string of the molecule is CCCCCOc1ccc(C2/C(=C(\O)c3c(C)nc4ccccn34)C(=O)C(=O)N2c2nnc(SCc3ccc(F)cc3)s2)cc1OCC. The summed E-state index contributed by atoms with van der Waals surface area (Å²) in [5.74, 6) is -0.890. The number of halogens is 1. The smallest absolute Gasteiger partial charge is 0.301 e. The van der Waals surface area contributed by atoms with Gasteiger partial charge in [-0.3, -0.25) is 18.9 Å². The first-order valence-electron chi connectivity index (χ1n) is 15.7. The molecule has 1 atom stereocenters. The number of carbonyl (C=O) groups excluding carboxylic acids is 2. The molecular formula is C35H34FN5O5S2. The van der Waals surface area contributed by atoms with Gasteiger partial charge < -0.3 is 14.6 Å². The lowest BCUT2D eigenvalue weighted by Crippen LogP contribution is -2.29. The van der Waals surface area contributed by atoms with Gasteiger partial charge in [-0.2, -0.15) is 0 Å². The van der Waals surface area contributed by atoms with E-state index in [-0.39, 0.29) is 22.3 Å². The Morgan fingerprint density at radius 2 is 1.83 bits per heavy atom. The van der Waals surface area contributed by atoms with E-state index in [2.05, 4.69) is 22.1 Å². The molecule has 0 aliphatic carbocycles. The minimum atomic E-state index is -1.06. The molecule has 1 N–H and O–H groups in total. The number of thioether (sulfide) groups is 1. The summed E-state index contributed by atoms with van der Waals surface area (Å²) in [5.41, 5.74) is 2.68. The molecule has 1 aliphatic rings. The molecule has 0 bridgehead atoms. The number of benzene rings is 2. The van der Waals surface area contributed by atoms with Crippen LogP contribution in [0.1, 0.15) is 61.7 Å². The van der Waals surface area contributed by atoms with Gasteiger partial charge in [-0.05, 0) is 67.8 Å². The minimum absolute atomic E-state index is 0.108. The Balaban J connectivity index is 1.44. The van der Waals surface area contributed by atoms with Crippen LogP contribution in [0.25, 0.3) is 11.4 Å². The lowest BCUT2D eigenvalue weighted by atomic mass is 9.96. The third kappa shape index (κ3) is 6.65. The molecule has 4 heterocycles. The second-order valence-corrected chi connectivity index (χ2v) is 13.3. The van der Waals surface area contributed by atoms with Gasteiger partial charge in [-0.1, -0.05) is 67.1 Å². The van der Waals surface area contributed by atoms with Gasteiger partial charge in [0.1, 0.15) is 17.2 Å². The third-order valence-corrected chi connectivity index (χ3v) is 9.97. The van der Waals surface area contributed by atoms with E-state index in [1.807, 2.05) is 13.0 Å². The van der Waals surface area contributed by atoms with Crippen molar-refractivity contribution >= 4 is 51.3 Å². The molecule has 10 nitrogen and oxygen atoms in total. The maximum atomic E-state index is 13.9. The topological polar surface area (TPSA) is 119 Å². The Labute approximate surface area is 285 Å². The number of rotatable bonds is 13. The van der Waals surface area contributed by atoms with E-state index in [0.29, 0.717) is 57.4 Å². The summed E-state index contributed by atoms with van der Waals surface area (Å²) in [6.45, 7) is 6.60. The molecule has 48 heavy (non-hydrogen) atoms. The molecule has 1 saturated heterocycles. The van der Waals surface area contributed by atoms with Crippen LogP contribution in [0.2, 0.25) is 0 Å². The summed E-state index contributed by atoms with van der Waals surface area (Å²) in [6, 6.07) is 15.8. The van der Waals surface area contributed by atoms with E-state index < -0.39 is 17.7 Å². The summed E-state index contributed by atoms with van der Waals surface area (Å²) in [4.78, 5) is 33.6. The summed E-state index contributed by atoms with van der Waals surface area (Å²) in [7, 11) is 0. The number of amides is 1. The van der Waals surface area contributed by atoms with Crippen molar-refractivity contribution in [3.8, 4) is 11.5 Å². The fourth-order valence-electron chi connectivity index (χ4n) is 5.57. The van der Waals surface area contributed by atoms with Crippen molar-refractivity contribution < 1.29 is 28.6 Å². The van der Waals surface area contributed by atoms with Crippen molar-refractivity contribution in [3.63, 3.8) is 0 Å². The number of nitrogens with zero attached hydrogens (tertiary/aromatic N) is 5. The van der Waals surface area contributed by atoms with Crippen LogP contribution >= 0.6 is 23.1 Å². The second kappa shape index (κ2) is 14.6. The number of hydrogen-bond acceptors (Lipinski definition) is 10. The number of ether oxygens (including phenoxy) is 2. The number of unbranched alkanes of at least 4 members (excludes halogenated alkanes) is 2. The van der Waals surface area contributed by atoms with Gasteiger partial charge in [0.15, 0.2) is 21.6 Å². The predicted molar refractivity (Wildman–Crippen MR) is 183 cm³/mol. The highest BCUT2D eigenvalue weighted by Gasteiger charge is 2.49. The lowest BCUT2D eigenvalue weighted by molar-refractivity contribution is -0.132. The predicted octanol–water partition coefficient (Wildman–Crippen LogP) is 7.52. The third-order valence-electron chi connectivity index (χ3n) is 7.84. The number of fused-ring (bicyclic) bond motifs is 1. The molecule has 1 aliphatic heterocycles. The molecule has 2 aromatic carbocycles. The molecule has 1 unspecified atom stereocenters. The second-order valence-electron chi connectivity index (χ2n) is 11.1. The highest BCUT2D eigenvalue weighted by atomic mass is 32.2. The van der Waals surface area contributed by atoms with Crippen LogP contribution < -0.4 is 14.4 Å². The number of aromatic nitrogens is 4. The zero-order valence-corrected chi connectivity index (χ0v) is 28.3. The first-order valence-corrected chi connectivity index (χ1v) is 17.5. The number of aryl methyl sites for hydroxylation is 1. The number of hydrogen-bond donors (Lipinski definition) is 1. The van der Waals surface area contributed by atoms with Gasteiger partial charge in [-0.15, -0.1) is 10.2 Å². The summed E-state index contributed by atoms with van der Waals surface area (Å²) >= 11 is 2.53. The van der Waals surface area contributed by atoms with E-state index in [1.165, 1.54) is 28.8 Å². The van der Waals surface area contributed by atoms with Crippen LogP contribution in [-0.4, -0.2) is 49.6 Å². The number of imidazole rings is 1. The average molecular weight is 688 g/mol. The maximum absolute atomic E-state index is 13.9. The van der Waals surface area contributed by atoms with Crippen molar-refractivity contribution in [1.29, 1.82) is 0 Å². The quantitative estimate of drug-likeness (QED) is 0.0335. The Hall–Kier alpha value is -4.75. The molecule has 1 amide bonds. The normalized spacial score (nSPS) is 15.8. The van der Waals surface area contributed by atoms with E-state index in [1.54, 1.807) is 60.0 Å². The summed E-state index contributed by atoms with van der Waals surface area (Å²) in [5, 5.41) is 20.7. The number of ketones is 1. The van der Waals surface area contributed by atoms with Crippen LogP contribution in [0.3, 0.4) is 0 Å². The Kier molecular flexibility index (Phi) is 10.1. The van der Waals surface area contributed by atoms with Crippen molar-refractivity contribution in [3.05, 3.63) is 101 Å². The molecule has 3 aromatic heterocycles. The van der Waals surface area contributed by atoms with Crippen LogP contribution in [-0.2, 0) is 15.3 Å². The van der Waals surface area contributed by atoms with Crippen molar-refractivity contribution in [2.75, 3.05) is 18.1 Å². The number of aliphatic hydroxyl groups is 1. The monoisotopic (exact) mass is 687 g/mol. The molecule has 0 saturated carbocycles. The van der Waals surface area contributed by atoms with Crippen molar-refractivity contribution in [2.45, 2.75) is 56.2 Å². The lowest BCUT2D eigenvalue weighted by Gasteiger charge is -2.23. The Bertz CT molecular complexity index is 1990. The van der Waals surface area contributed by atoms with Crippen LogP contribution in [0.5, 0.6) is 11.5 Å². The zero-order chi connectivity index (χ0) is 33.8. The fourth-order valence-corrected chi connectivity index (χ4v) is 7.40. The first kappa shape index (κ1) is 33.2. The van der Waals surface area contributed by atoms with Gasteiger partial charge in [0.05, 0.1) is 30.5 Å². The van der Waals surface area contributed by atoms with E-state index in [9.17, 15) is 19.1 Å². The van der Waals surface area contributed by atoms with E-state index in [4.69, 9.17) is 9.47 Å². The molecule has 5 aromatic rings. The highest BCUT2D eigenvalue weighted by molar-refractivity contribution is 8.00. The molecular weight excluding hydrogens is 654 g/mol. The molecule has 6 rings (SSSR count). The molecule has 0 spiro atoms. The average Bonchev–Trinajstić information content (AvgIpc) is 3.76. The van der Waals surface area contributed by atoms with Gasteiger partial charge in [-0.25, -0.2) is 9.37 Å².